The SMILES string of the molecule is CCn1ccnc1CN1CCC2(CCCN(Cc3ccc(F)c(F)c3)C2)C1. The quantitative estimate of drug-likeness (QED) is 0.798. The second-order valence-electron chi connectivity index (χ2n) is 8.15. The fourth-order valence-corrected chi connectivity index (χ4v) is 4.82. The molecular formula is C21H28F2N4. The number of hydrogen-bond donors (Lipinski definition) is 0. The highest BCUT2D eigenvalue weighted by molar-refractivity contribution is 5.18. The van der Waals surface area contributed by atoms with Crippen LogP contribution < -0.4 is 0 Å². The molecule has 1 atom stereocenters. The molecule has 1 unspecified atom stereocenters. The summed E-state index contributed by atoms with van der Waals surface area (Å²) in [6, 6.07) is 4.27. The molecule has 0 N–H and O–H groups in total. The van der Waals surface area contributed by atoms with Gasteiger partial charge in [0, 0.05) is 38.6 Å². The minimum Gasteiger partial charge on any atom is -0.334 e. The first-order valence-corrected chi connectivity index (χ1v) is 9.95. The Morgan fingerprint density at radius 1 is 1.04 bits per heavy atom. The van der Waals surface area contributed by atoms with Crippen LogP contribution in [0.3, 0.4) is 0 Å². The van der Waals surface area contributed by atoms with Gasteiger partial charge in [0.15, 0.2) is 11.6 Å². The van der Waals surface area contributed by atoms with Gasteiger partial charge < -0.3 is 4.57 Å². The Labute approximate surface area is 159 Å². The van der Waals surface area contributed by atoms with Crippen molar-refractivity contribution in [3.8, 4) is 0 Å². The van der Waals surface area contributed by atoms with Crippen LogP contribution in [0.4, 0.5) is 8.78 Å². The second kappa shape index (κ2) is 7.68. The lowest BCUT2D eigenvalue weighted by molar-refractivity contribution is 0.0861. The number of imidazole rings is 1. The molecule has 4 nitrogen and oxygen atoms in total. The van der Waals surface area contributed by atoms with Gasteiger partial charge in [-0.25, -0.2) is 13.8 Å². The van der Waals surface area contributed by atoms with Crippen molar-refractivity contribution in [2.24, 2.45) is 5.41 Å². The summed E-state index contributed by atoms with van der Waals surface area (Å²) >= 11 is 0. The third kappa shape index (κ3) is 4.06. The van der Waals surface area contributed by atoms with Crippen molar-refractivity contribution in [2.45, 2.75) is 45.8 Å². The van der Waals surface area contributed by atoms with Gasteiger partial charge in [0.2, 0.25) is 0 Å². The van der Waals surface area contributed by atoms with E-state index in [1.54, 1.807) is 6.07 Å². The predicted octanol–water partition coefficient (Wildman–Crippen LogP) is 3.67. The molecule has 0 bridgehead atoms. The molecule has 4 rings (SSSR count). The molecule has 2 aliphatic rings. The smallest absolute Gasteiger partial charge is 0.159 e. The predicted molar refractivity (Wildman–Crippen MR) is 101 cm³/mol. The van der Waals surface area contributed by atoms with Crippen molar-refractivity contribution in [3.05, 3.63) is 53.6 Å². The molecule has 0 radical (unpaired) electrons. The van der Waals surface area contributed by atoms with Crippen molar-refractivity contribution in [3.63, 3.8) is 0 Å². The van der Waals surface area contributed by atoms with Gasteiger partial charge in [0.25, 0.3) is 0 Å². The standard InChI is InChI=1S/C21H28F2N4/c1-2-27-11-8-24-20(27)14-26-10-7-21(16-26)6-3-9-25(15-21)13-17-4-5-18(22)19(23)12-17/h4-5,8,11-12H,2-3,6-7,9-10,13-16H2,1H3. The topological polar surface area (TPSA) is 24.3 Å². The number of aryl methyl sites for hydroxylation is 1. The number of likely N-dealkylation sites (tertiary alicyclic amines) is 2. The van der Waals surface area contributed by atoms with Crippen LogP contribution in [0.1, 0.15) is 37.6 Å². The van der Waals surface area contributed by atoms with E-state index in [2.05, 4.69) is 26.3 Å². The van der Waals surface area contributed by atoms with E-state index in [4.69, 9.17) is 0 Å². The molecule has 2 saturated heterocycles. The van der Waals surface area contributed by atoms with E-state index < -0.39 is 11.6 Å². The van der Waals surface area contributed by atoms with E-state index in [0.29, 0.717) is 12.0 Å². The first-order valence-electron chi connectivity index (χ1n) is 9.95. The monoisotopic (exact) mass is 374 g/mol. The van der Waals surface area contributed by atoms with Crippen LogP contribution in [0.15, 0.2) is 30.6 Å². The first kappa shape index (κ1) is 18.6. The Bertz CT molecular complexity index is 790. The molecular weight excluding hydrogens is 346 g/mol. The van der Waals surface area contributed by atoms with Gasteiger partial charge in [-0.1, -0.05) is 6.07 Å². The average Bonchev–Trinajstić information content (AvgIpc) is 3.25. The molecule has 0 saturated carbocycles. The number of aromatic nitrogens is 2. The number of halogens is 2. The maximum atomic E-state index is 13.5. The van der Waals surface area contributed by atoms with Crippen LogP contribution in [0.2, 0.25) is 0 Å². The summed E-state index contributed by atoms with van der Waals surface area (Å²) in [5.74, 6) is -0.382. The lowest BCUT2D eigenvalue weighted by Crippen LogP contribution is -2.44. The van der Waals surface area contributed by atoms with E-state index in [0.717, 1.165) is 50.7 Å². The molecule has 1 spiro atoms. The van der Waals surface area contributed by atoms with Crippen molar-refractivity contribution >= 4 is 0 Å². The highest BCUT2D eigenvalue weighted by atomic mass is 19.2. The van der Waals surface area contributed by atoms with Gasteiger partial charge in [-0.2, -0.15) is 0 Å². The largest absolute Gasteiger partial charge is 0.334 e. The summed E-state index contributed by atoms with van der Waals surface area (Å²) in [7, 11) is 0. The Morgan fingerprint density at radius 3 is 2.63 bits per heavy atom. The zero-order chi connectivity index (χ0) is 18.9. The number of benzene rings is 1. The highest BCUT2D eigenvalue weighted by Crippen LogP contribution is 2.39. The van der Waals surface area contributed by atoms with Gasteiger partial charge in [0.05, 0.1) is 6.54 Å². The van der Waals surface area contributed by atoms with E-state index >= 15 is 0 Å². The third-order valence-corrected chi connectivity index (χ3v) is 6.16. The molecule has 0 amide bonds. The zero-order valence-electron chi connectivity index (χ0n) is 16.0. The maximum absolute atomic E-state index is 13.5. The second-order valence-corrected chi connectivity index (χ2v) is 8.15. The van der Waals surface area contributed by atoms with Crippen molar-refractivity contribution in [1.29, 1.82) is 0 Å². The molecule has 146 valence electrons. The summed E-state index contributed by atoms with van der Waals surface area (Å²) in [5, 5.41) is 0. The molecule has 2 aromatic rings. The van der Waals surface area contributed by atoms with Gasteiger partial charge >= 0.3 is 0 Å². The van der Waals surface area contributed by atoms with Crippen LogP contribution >= 0.6 is 0 Å². The van der Waals surface area contributed by atoms with Crippen LogP contribution in [0, 0.1) is 17.0 Å². The molecule has 6 heteroatoms. The van der Waals surface area contributed by atoms with Crippen LogP contribution in [-0.4, -0.2) is 45.5 Å². The van der Waals surface area contributed by atoms with Crippen LogP contribution in [0.25, 0.3) is 0 Å². The van der Waals surface area contributed by atoms with Crippen molar-refractivity contribution in [2.75, 3.05) is 26.2 Å². The van der Waals surface area contributed by atoms with Gasteiger partial charge in [-0.3, -0.25) is 9.80 Å². The third-order valence-electron chi connectivity index (χ3n) is 6.16. The van der Waals surface area contributed by atoms with E-state index in [-0.39, 0.29) is 0 Å². The lowest BCUT2D eigenvalue weighted by atomic mass is 9.79. The average molecular weight is 374 g/mol. The van der Waals surface area contributed by atoms with E-state index in [9.17, 15) is 8.78 Å². The van der Waals surface area contributed by atoms with E-state index in [1.807, 2.05) is 12.4 Å². The zero-order valence-corrected chi connectivity index (χ0v) is 16.0. The fraction of sp³-hybridized carbons (Fsp3) is 0.571. The van der Waals surface area contributed by atoms with Crippen LogP contribution in [0.5, 0.6) is 0 Å². The van der Waals surface area contributed by atoms with Crippen molar-refractivity contribution < 1.29 is 8.78 Å². The number of rotatable bonds is 5. The minimum atomic E-state index is -0.772. The summed E-state index contributed by atoms with van der Waals surface area (Å²) in [5.41, 5.74) is 1.17. The summed E-state index contributed by atoms with van der Waals surface area (Å²) in [4.78, 5) is 9.45. The van der Waals surface area contributed by atoms with Gasteiger partial charge in [-0.05, 0) is 62.4 Å². The Balaban J connectivity index is 1.38. The molecule has 2 fully saturated rings. The maximum Gasteiger partial charge on any atom is 0.159 e. The summed E-state index contributed by atoms with van der Waals surface area (Å²) in [6.07, 6.45) is 7.55. The molecule has 1 aromatic carbocycles. The molecule has 1 aromatic heterocycles. The summed E-state index contributed by atoms with van der Waals surface area (Å²) < 4.78 is 28.9. The van der Waals surface area contributed by atoms with Gasteiger partial charge in [-0.15, -0.1) is 0 Å². The normalized spacial score (nSPS) is 24.1. The minimum absolute atomic E-state index is 0.320. The van der Waals surface area contributed by atoms with Gasteiger partial charge in [0.1, 0.15) is 5.82 Å². The molecule has 0 aliphatic carbocycles. The number of piperidine rings is 1. The van der Waals surface area contributed by atoms with Crippen molar-refractivity contribution in [1.82, 2.24) is 19.4 Å². The molecule has 3 heterocycles. The van der Waals surface area contributed by atoms with Crippen LogP contribution in [-0.2, 0) is 19.6 Å². The number of nitrogens with zero attached hydrogens (tertiary/aromatic N) is 4. The molecule has 27 heavy (non-hydrogen) atoms. The first-order chi connectivity index (χ1) is 13.1. The Hall–Kier alpha value is -1.79. The fourth-order valence-electron chi connectivity index (χ4n) is 4.82. The summed E-state index contributed by atoms with van der Waals surface area (Å²) in [6.45, 7) is 8.97. The Kier molecular flexibility index (Phi) is 5.28. The molecule has 2 aliphatic heterocycles. The highest BCUT2D eigenvalue weighted by Gasteiger charge is 2.41. The number of hydrogen-bond acceptors (Lipinski definition) is 3. The lowest BCUT2D eigenvalue weighted by Gasteiger charge is -2.40. The Morgan fingerprint density at radius 2 is 1.85 bits per heavy atom. The van der Waals surface area contributed by atoms with E-state index in [1.165, 1.54) is 31.4 Å².